The number of sulfone groups is 1. The molecule has 0 radical (unpaired) electrons. The third-order valence-electron chi connectivity index (χ3n) is 3.85. The molecule has 122 valence electrons. The molecule has 0 spiro atoms. The maximum absolute atomic E-state index is 11.9. The standard InChI is InChI=1S/C16H24N2O3S/c1-22(20,21)12-15-4-2-3-14(9-15)11-18-16(19)6-5-13-7-8-17-10-13/h2-4,9,13,17H,5-8,10-12H2,1H3,(H,18,19). The summed E-state index contributed by atoms with van der Waals surface area (Å²) in [4.78, 5) is 11.9. The van der Waals surface area contributed by atoms with E-state index in [4.69, 9.17) is 0 Å². The van der Waals surface area contributed by atoms with E-state index in [1.54, 1.807) is 6.07 Å². The zero-order chi connectivity index (χ0) is 16.0. The molecule has 2 rings (SSSR count). The molecule has 1 heterocycles. The highest BCUT2D eigenvalue weighted by atomic mass is 32.2. The predicted molar refractivity (Wildman–Crippen MR) is 87.0 cm³/mol. The first-order valence-corrected chi connectivity index (χ1v) is 9.71. The number of amides is 1. The Labute approximate surface area is 132 Å². The third kappa shape index (κ3) is 6.15. The molecule has 1 fully saturated rings. The summed E-state index contributed by atoms with van der Waals surface area (Å²) in [6.07, 6.45) is 3.85. The lowest BCUT2D eigenvalue weighted by Crippen LogP contribution is -2.23. The topological polar surface area (TPSA) is 75.3 Å². The number of benzene rings is 1. The van der Waals surface area contributed by atoms with Gasteiger partial charge in [-0.2, -0.15) is 0 Å². The van der Waals surface area contributed by atoms with Gasteiger partial charge in [-0.3, -0.25) is 4.79 Å². The van der Waals surface area contributed by atoms with E-state index in [-0.39, 0.29) is 11.7 Å². The van der Waals surface area contributed by atoms with Gasteiger partial charge in [0.15, 0.2) is 9.84 Å². The third-order valence-corrected chi connectivity index (χ3v) is 4.71. The normalized spacial score (nSPS) is 18.3. The lowest BCUT2D eigenvalue weighted by atomic mass is 10.0. The molecule has 1 amide bonds. The summed E-state index contributed by atoms with van der Waals surface area (Å²) in [5.74, 6) is 0.702. The van der Waals surface area contributed by atoms with Gasteiger partial charge in [-0.15, -0.1) is 0 Å². The molecule has 22 heavy (non-hydrogen) atoms. The lowest BCUT2D eigenvalue weighted by Gasteiger charge is -2.09. The van der Waals surface area contributed by atoms with Crippen molar-refractivity contribution < 1.29 is 13.2 Å². The van der Waals surface area contributed by atoms with Crippen molar-refractivity contribution in [2.75, 3.05) is 19.3 Å². The monoisotopic (exact) mass is 324 g/mol. The highest BCUT2D eigenvalue weighted by molar-refractivity contribution is 7.89. The van der Waals surface area contributed by atoms with Crippen LogP contribution in [0.5, 0.6) is 0 Å². The first-order chi connectivity index (χ1) is 10.4. The van der Waals surface area contributed by atoms with Crippen LogP contribution in [0.4, 0.5) is 0 Å². The van der Waals surface area contributed by atoms with E-state index in [1.165, 1.54) is 6.26 Å². The fourth-order valence-corrected chi connectivity index (χ4v) is 3.50. The van der Waals surface area contributed by atoms with Gasteiger partial charge in [0, 0.05) is 19.2 Å². The summed E-state index contributed by atoms with van der Waals surface area (Å²) in [5.41, 5.74) is 1.68. The predicted octanol–water partition coefficient (Wildman–Crippen LogP) is 1.24. The number of hydrogen-bond acceptors (Lipinski definition) is 4. The van der Waals surface area contributed by atoms with Crippen LogP contribution in [-0.4, -0.2) is 33.7 Å². The molecule has 0 bridgehead atoms. The van der Waals surface area contributed by atoms with Crippen molar-refractivity contribution in [2.45, 2.75) is 31.6 Å². The zero-order valence-electron chi connectivity index (χ0n) is 13.0. The van der Waals surface area contributed by atoms with Crippen molar-refractivity contribution in [1.82, 2.24) is 10.6 Å². The number of rotatable bonds is 7. The van der Waals surface area contributed by atoms with Gasteiger partial charge in [0.25, 0.3) is 0 Å². The van der Waals surface area contributed by atoms with Gasteiger partial charge in [0.05, 0.1) is 5.75 Å². The number of carbonyl (C=O) groups excluding carboxylic acids is 1. The van der Waals surface area contributed by atoms with Gasteiger partial charge in [0.1, 0.15) is 0 Å². The molecule has 0 aromatic heterocycles. The highest BCUT2D eigenvalue weighted by Crippen LogP contribution is 2.14. The zero-order valence-corrected chi connectivity index (χ0v) is 13.8. The Morgan fingerprint density at radius 2 is 2.14 bits per heavy atom. The second kappa shape index (κ2) is 7.74. The van der Waals surface area contributed by atoms with E-state index in [2.05, 4.69) is 10.6 Å². The fourth-order valence-electron chi connectivity index (χ4n) is 2.72. The summed E-state index contributed by atoms with van der Waals surface area (Å²) in [7, 11) is -3.04. The molecule has 1 atom stereocenters. The summed E-state index contributed by atoms with van der Waals surface area (Å²) >= 11 is 0. The van der Waals surface area contributed by atoms with Crippen LogP contribution in [0.15, 0.2) is 24.3 Å². The van der Waals surface area contributed by atoms with E-state index in [9.17, 15) is 13.2 Å². The van der Waals surface area contributed by atoms with E-state index in [0.717, 1.165) is 37.1 Å². The first kappa shape index (κ1) is 17.0. The molecular formula is C16H24N2O3S. The van der Waals surface area contributed by atoms with Crippen LogP contribution in [0.2, 0.25) is 0 Å². The van der Waals surface area contributed by atoms with Gasteiger partial charge in [-0.1, -0.05) is 24.3 Å². The SMILES string of the molecule is CS(=O)(=O)Cc1cccc(CNC(=O)CCC2CCNC2)c1. The van der Waals surface area contributed by atoms with E-state index in [0.29, 0.717) is 18.9 Å². The molecule has 1 aliphatic rings. The van der Waals surface area contributed by atoms with Crippen LogP contribution in [0.3, 0.4) is 0 Å². The van der Waals surface area contributed by atoms with Gasteiger partial charge in [-0.25, -0.2) is 8.42 Å². The van der Waals surface area contributed by atoms with E-state index < -0.39 is 9.84 Å². The largest absolute Gasteiger partial charge is 0.352 e. The molecule has 1 aliphatic heterocycles. The first-order valence-electron chi connectivity index (χ1n) is 7.65. The second-order valence-corrected chi connectivity index (χ2v) is 8.20. The molecule has 1 aromatic carbocycles. The Bertz CT molecular complexity index is 608. The van der Waals surface area contributed by atoms with Gasteiger partial charge in [-0.05, 0) is 43.0 Å². The van der Waals surface area contributed by atoms with Crippen molar-refractivity contribution in [1.29, 1.82) is 0 Å². The van der Waals surface area contributed by atoms with Crippen LogP contribution >= 0.6 is 0 Å². The summed E-state index contributed by atoms with van der Waals surface area (Å²) in [5, 5.41) is 6.20. The van der Waals surface area contributed by atoms with Crippen LogP contribution < -0.4 is 10.6 Å². The maximum atomic E-state index is 11.9. The van der Waals surface area contributed by atoms with Crippen molar-refractivity contribution >= 4 is 15.7 Å². The van der Waals surface area contributed by atoms with Crippen molar-refractivity contribution in [3.8, 4) is 0 Å². The smallest absolute Gasteiger partial charge is 0.220 e. The number of nitrogens with one attached hydrogen (secondary N) is 2. The second-order valence-electron chi connectivity index (χ2n) is 6.06. The summed E-state index contributed by atoms with van der Waals surface area (Å²) in [6.45, 7) is 2.51. The minimum Gasteiger partial charge on any atom is -0.352 e. The molecule has 0 aliphatic carbocycles. The summed E-state index contributed by atoms with van der Waals surface area (Å²) in [6, 6.07) is 7.35. The Morgan fingerprint density at radius 3 is 2.82 bits per heavy atom. The van der Waals surface area contributed by atoms with Gasteiger partial charge >= 0.3 is 0 Å². The Balaban J connectivity index is 1.78. The van der Waals surface area contributed by atoms with Crippen molar-refractivity contribution in [2.24, 2.45) is 5.92 Å². The molecule has 0 saturated carbocycles. The van der Waals surface area contributed by atoms with E-state index >= 15 is 0 Å². The van der Waals surface area contributed by atoms with Crippen LogP contribution in [0, 0.1) is 5.92 Å². The van der Waals surface area contributed by atoms with Gasteiger partial charge in [0.2, 0.25) is 5.91 Å². The molecular weight excluding hydrogens is 300 g/mol. The van der Waals surface area contributed by atoms with Crippen LogP contribution in [0.1, 0.15) is 30.4 Å². The Kier molecular flexibility index (Phi) is 5.97. The Morgan fingerprint density at radius 1 is 1.36 bits per heavy atom. The molecule has 1 unspecified atom stereocenters. The number of hydrogen-bond donors (Lipinski definition) is 2. The highest BCUT2D eigenvalue weighted by Gasteiger charge is 2.15. The van der Waals surface area contributed by atoms with Crippen LogP contribution in [-0.2, 0) is 26.9 Å². The number of carbonyl (C=O) groups is 1. The van der Waals surface area contributed by atoms with Crippen molar-refractivity contribution in [3.63, 3.8) is 0 Å². The Hall–Kier alpha value is -1.40. The van der Waals surface area contributed by atoms with Crippen LogP contribution in [0.25, 0.3) is 0 Å². The molecule has 6 heteroatoms. The average Bonchev–Trinajstić information content (AvgIpc) is 2.95. The summed E-state index contributed by atoms with van der Waals surface area (Å²) < 4.78 is 22.6. The quantitative estimate of drug-likeness (QED) is 0.791. The van der Waals surface area contributed by atoms with Crippen molar-refractivity contribution in [3.05, 3.63) is 35.4 Å². The maximum Gasteiger partial charge on any atom is 0.220 e. The molecule has 5 nitrogen and oxygen atoms in total. The molecule has 1 aromatic rings. The minimum absolute atomic E-state index is 0.0312. The lowest BCUT2D eigenvalue weighted by molar-refractivity contribution is -0.121. The van der Waals surface area contributed by atoms with E-state index in [1.807, 2.05) is 18.2 Å². The fraction of sp³-hybridized carbons (Fsp3) is 0.562. The minimum atomic E-state index is -3.04. The molecule has 2 N–H and O–H groups in total. The van der Waals surface area contributed by atoms with Gasteiger partial charge < -0.3 is 10.6 Å². The average molecular weight is 324 g/mol. The molecule has 1 saturated heterocycles.